The largest absolute Gasteiger partial charge is 0.352 e. The molecule has 3 amide bonds. The van der Waals surface area contributed by atoms with E-state index in [0.29, 0.717) is 33.0 Å². The fourth-order valence-corrected chi connectivity index (χ4v) is 5.13. The molecule has 0 spiro atoms. The lowest BCUT2D eigenvalue weighted by Gasteiger charge is -2.25. The molecule has 198 valence electrons. The summed E-state index contributed by atoms with van der Waals surface area (Å²) in [7, 11) is 0. The third-order valence-electron chi connectivity index (χ3n) is 6.04. The smallest absolute Gasteiger partial charge is 0.259 e. The van der Waals surface area contributed by atoms with Gasteiger partial charge in [0.25, 0.3) is 5.91 Å². The number of para-hydroxylation sites is 1. The van der Waals surface area contributed by atoms with Gasteiger partial charge in [-0.1, -0.05) is 53.7 Å². The number of anilines is 1. The first-order chi connectivity index (χ1) is 18.9. The van der Waals surface area contributed by atoms with Crippen molar-refractivity contribution in [1.82, 2.24) is 10.2 Å². The monoisotopic (exact) mass is 563 g/mol. The van der Waals surface area contributed by atoms with E-state index >= 15 is 0 Å². The van der Waals surface area contributed by atoms with Crippen LogP contribution in [0.5, 0.6) is 0 Å². The number of aliphatic imine (C=N–C) groups is 2. The van der Waals surface area contributed by atoms with Gasteiger partial charge in [-0.25, -0.2) is 14.3 Å². The summed E-state index contributed by atoms with van der Waals surface area (Å²) in [5.74, 6) is -0.680. The fraction of sp³-hybridized carbons (Fsp3) is 0.179. The minimum absolute atomic E-state index is 0.0149. The van der Waals surface area contributed by atoms with Gasteiger partial charge in [0.1, 0.15) is 17.7 Å². The molecule has 0 bridgehead atoms. The van der Waals surface area contributed by atoms with Gasteiger partial charge in [-0.3, -0.25) is 19.4 Å². The summed E-state index contributed by atoms with van der Waals surface area (Å²) in [5.41, 5.74) is 2.70. The lowest BCUT2D eigenvalue weighted by Crippen LogP contribution is -2.41. The van der Waals surface area contributed by atoms with Gasteiger partial charge in [-0.2, -0.15) is 0 Å². The van der Waals surface area contributed by atoms with Gasteiger partial charge in [0.2, 0.25) is 11.8 Å². The molecule has 1 atom stereocenters. The number of amides is 3. The van der Waals surface area contributed by atoms with E-state index < -0.39 is 6.04 Å². The molecule has 39 heavy (non-hydrogen) atoms. The minimum Gasteiger partial charge on any atom is -0.352 e. The maximum absolute atomic E-state index is 13.4. The van der Waals surface area contributed by atoms with Crippen molar-refractivity contribution in [2.24, 2.45) is 9.98 Å². The highest BCUT2D eigenvalue weighted by Crippen LogP contribution is 2.34. The van der Waals surface area contributed by atoms with Crippen molar-refractivity contribution < 1.29 is 18.8 Å². The van der Waals surface area contributed by atoms with Crippen molar-refractivity contribution in [1.29, 1.82) is 0 Å². The molecule has 0 aliphatic carbocycles. The summed E-state index contributed by atoms with van der Waals surface area (Å²) < 4.78 is 13.1. The lowest BCUT2D eigenvalue weighted by molar-refractivity contribution is -0.125. The van der Waals surface area contributed by atoms with E-state index in [1.165, 1.54) is 17.0 Å². The van der Waals surface area contributed by atoms with Crippen LogP contribution in [0.4, 0.5) is 15.8 Å². The van der Waals surface area contributed by atoms with Gasteiger partial charge in [-0.15, -0.1) is 0 Å². The molecule has 0 saturated carbocycles. The quantitative estimate of drug-likeness (QED) is 0.406. The average molecular weight is 564 g/mol. The second-order valence-corrected chi connectivity index (χ2v) is 10.2. The van der Waals surface area contributed by atoms with Crippen LogP contribution in [0.2, 0.25) is 5.02 Å². The van der Waals surface area contributed by atoms with E-state index in [1.54, 1.807) is 36.4 Å². The van der Waals surface area contributed by atoms with E-state index in [0.717, 1.165) is 17.3 Å². The molecule has 0 radical (unpaired) electrons. The normalized spacial score (nSPS) is 15.7. The molecule has 5 rings (SSSR count). The van der Waals surface area contributed by atoms with Crippen LogP contribution in [0.25, 0.3) is 0 Å². The maximum Gasteiger partial charge on any atom is 0.259 e. The van der Waals surface area contributed by atoms with E-state index in [9.17, 15) is 18.8 Å². The van der Waals surface area contributed by atoms with E-state index in [-0.39, 0.29) is 48.7 Å². The van der Waals surface area contributed by atoms with Gasteiger partial charge in [-0.05, 0) is 54.4 Å². The van der Waals surface area contributed by atoms with Crippen molar-refractivity contribution in [2.45, 2.75) is 25.4 Å². The number of nitrogens with zero attached hydrogens (tertiary/aromatic N) is 3. The standard InChI is InChI=1S/C28H23ClFN5O3S/c29-18-4-3-5-20(14-18)32-25(37)16-39-28-34-22-7-2-1-6-21(22)26-33-23(27(38)35(26)28)12-13-24(36)31-15-17-8-10-19(30)11-9-17/h1-11,14,23H,12-13,15-16H2,(H,31,36)(H,32,37)/t23-/m0/s1. The topological polar surface area (TPSA) is 103 Å². The van der Waals surface area contributed by atoms with Crippen molar-refractivity contribution >= 4 is 63.5 Å². The number of fused-ring (bicyclic) bond motifs is 3. The van der Waals surface area contributed by atoms with Crippen LogP contribution in [0, 0.1) is 5.82 Å². The fourth-order valence-electron chi connectivity index (χ4n) is 4.14. The highest BCUT2D eigenvalue weighted by molar-refractivity contribution is 8.14. The Hall–Kier alpha value is -4.02. The number of benzene rings is 3. The number of carbonyl (C=O) groups excluding carboxylic acids is 3. The molecule has 0 aromatic heterocycles. The Morgan fingerprint density at radius 1 is 1.03 bits per heavy atom. The highest BCUT2D eigenvalue weighted by atomic mass is 35.5. The van der Waals surface area contributed by atoms with Crippen LogP contribution in [0.3, 0.4) is 0 Å². The molecular formula is C28H23ClFN5O3S. The summed E-state index contributed by atoms with van der Waals surface area (Å²) in [6.45, 7) is 0.260. The number of nitrogens with one attached hydrogen (secondary N) is 2. The Kier molecular flexibility index (Phi) is 8.04. The second kappa shape index (κ2) is 11.8. The summed E-state index contributed by atoms with van der Waals surface area (Å²) >= 11 is 7.12. The third kappa shape index (κ3) is 6.35. The molecule has 0 fully saturated rings. The molecule has 2 N–H and O–H groups in total. The summed E-state index contributed by atoms with van der Waals surface area (Å²) in [4.78, 5) is 49.1. The number of amidine groups is 2. The Morgan fingerprint density at radius 3 is 2.62 bits per heavy atom. The first-order valence-electron chi connectivity index (χ1n) is 12.2. The maximum atomic E-state index is 13.4. The van der Waals surface area contributed by atoms with Crippen molar-refractivity contribution in [3.63, 3.8) is 0 Å². The van der Waals surface area contributed by atoms with Gasteiger partial charge >= 0.3 is 0 Å². The first-order valence-corrected chi connectivity index (χ1v) is 13.5. The number of carbonyl (C=O) groups is 3. The van der Waals surface area contributed by atoms with E-state index in [4.69, 9.17) is 11.6 Å². The second-order valence-electron chi connectivity index (χ2n) is 8.84. The Bertz CT molecular complexity index is 1490. The molecule has 11 heteroatoms. The average Bonchev–Trinajstić information content (AvgIpc) is 3.26. The number of hydrogen-bond donors (Lipinski definition) is 2. The third-order valence-corrected chi connectivity index (χ3v) is 7.21. The van der Waals surface area contributed by atoms with Gasteiger partial charge in [0.05, 0.1) is 11.4 Å². The summed E-state index contributed by atoms with van der Waals surface area (Å²) in [6, 6.07) is 19.3. The van der Waals surface area contributed by atoms with Crippen LogP contribution in [0.15, 0.2) is 82.8 Å². The van der Waals surface area contributed by atoms with Gasteiger partial charge in [0.15, 0.2) is 5.17 Å². The zero-order chi connectivity index (χ0) is 27.4. The first kappa shape index (κ1) is 26.6. The van der Waals surface area contributed by atoms with Crippen molar-refractivity contribution in [2.75, 3.05) is 11.1 Å². The number of thioether (sulfide) groups is 1. The van der Waals surface area contributed by atoms with E-state index in [2.05, 4.69) is 20.6 Å². The molecule has 3 aromatic carbocycles. The number of rotatable bonds is 8. The van der Waals surface area contributed by atoms with Crippen LogP contribution in [-0.4, -0.2) is 45.4 Å². The van der Waals surface area contributed by atoms with Crippen molar-refractivity contribution in [3.05, 3.63) is 94.8 Å². The zero-order valence-corrected chi connectivity index (χ0v) is 22.1. The molecule has 0 unspecified atom stereocenters. The van der Waals surface area contributed by atoms with Crippen molar-refractivity contribution in [3.8, 4) is 0 Å². The molecule has 3 aromatic rings. The lowest BCUT2D eigenvalue weighted by atomic mass is 10.1. The SMILES string of the molecule is O=C(CC[C@@H]1N=C2c3ccccc3N=C(SCC(=O)Nc3cccc(Cl)c3)N2C1=O)NCc1ccc(F)cc1. The van der Waals surface area contributed by atoms with E-state index in [1.807, 2.05) is 24.3 Å². The Labute approximate surface area is 233 Å². The van der Waals surface area contributed by atoms with Crippen LogP contribution < -0.4 is 10.6 Å². The Balaban J connectivity index is 1.23. The molecule has 2 aliphatic heterocycles. The van der Waals surface area contributed by atoms with Crippen LogP contribution in [-0.2, 0) is 20.9 Å². The zero-order valence-electron chi connectivity index (χ0n) is 20.6. The van der Waals surface area contributed by atoms with Gasteiger partial charge in [0, 0.05) is 29.2 Å². The number of halogens is 2. The molecule has 0 saturated heterocycles. The number of hydrogen-bond acceptors (Lipinski definition) is 6. The molecule has 2 heterocycles. The molecule has 8 nitrogen and oxygen atoms in total. The predicted molar refractivity (Wildman–Crippen MR) is 151 cm³/mol. The predicted octanol–water partition coefficient (Wildman–Crippen LogP) is 4.91. The summed E-state index contributed by atoms with van der Waals surface area (Å²) in [5, 5.41) is 6.43. The van der Waals surface area contributed by atoms with Gasteiger partial charge < -0.3 is 10.6 Å². The van der Waals surface area contributed by atoms with Crippen LogP contribution >= 0.6 is 23.4 Å². The highest BCUT2D eigenvalue weighted by Gasteiger charge is 2.41. The summed E-state index contributed by atoms with van der Waals surface area (Å²) in [6.07, 6.45) is 0.301. The van der Waals surface area contributed by atoms with Crippen LogP contribution in [0.1, 0.15) is 24.0 Å². The molecular weight excluding hydrogens is 541 g/mol. The Morgan fingerprint density at radius 2 is 1.82 bits per heavy atom. The molecule has 2 aliphatic rings. The minimum atomic E-state index is -0.756.